The summed E-state index contributed by atoms with van der Waals surface area (Å²) in [5.41, 5.74) is -0.773. The number of aromatic amines is 1. The molecule has 4 saturated carbocycles. The summed E-state index contributed by atoms with van der Waals surface area (Å²) in [4.78, 5) is 30.7. The third-order valence-electron chi connectivity index (χ3n) is 6.88. The predicted molar refractivity (Wildman–Crippen MR) is 110 cm³/mol. The summed E-state index contributed by atoms with van der Waals surface area (Å²) < 4.78 is 24.1. The van der Waals surface area contributed by atoms with E-state index < -0.39 is 5.69 Å². The largest absolute Gasteiger partial charge is 0.467 e. The van der Waals surface area contributed by atoms with Gasteiger partial charge in [-0.05, 0) is 87.0 Å². The third-order valence-corrected chi connectivity index (χ3v) is 6.88. The molecule has 2 atom stereocenters. The first kappa shape index (κ1) is 20.0. The number of nitrogens with one attached hydrogen (secondary N) is 2. The van der Waals surface area contributed by atoms with Crippen LogP contribution >= 0.6 is 0 Å². The molecule has 0 aliphatic heterocycles. The Hall–Kier alpha value is -2.90. The second-order valence-corrected chi connectivity index (χ2v) is 9.31. The minimum atomic E-state index is -0.660. The predicted octanol–water partition coefficient (Wildman–Crippen LogP) is 3.56. The molecule has 2 aromatic rings. The molecule has 1 heterocycles. The van der Waals surface area contributed by atoms with Gasteiger partial charge in [-0.15, -0.1) is 0 Å². The molecule has 2 unspecified atom stereocenters. The van der Waals surface area contributed by atoms with Gasteiger partial charge >= 0.3 is 5.69 Å². The number of hydrogen-bond acceptors (Lipinski definition) is 5. The Morgan fingerprint density at radius 2 is 1.87 bits per heavy atom. The molecule has 4 aliphatic rings. The zero-order valence-corrected chi connectivity index (χ0v) is 17.2. The van der Waals surface area contributed by atoms with Gasteiger partial charge in [-0.1, -0.05) is 0 Å². The minimum absolute atomic E-state index is 0.00171. The van der Waals surface area contributed by atoms with Crippen LogP contribution < -0.4 is 20.5 Å². The highest BCUT2D eigenvalue weighted by molar-refractivity contribution is 5.78. The van der Waals surface area contributed by atoms with E-state index in [1.807, 2.05) is 0 Å². The summed E-state index contributed by atoms with van der Waals surface area (Å²) in [5, 5.41) is 3.26. The first-order valence-corrected chi connectivity index (χ1v) is 10.9. The Morgan fingerprint density at radius 3 is 2.61 bits per heavy atom. The maximum Gasteiger partial charge on any atom is 0.351 e. The quantitative estimate of drug-likeness (QED) is 0.735. The number of hydrogen-bond donors (Lipinski definition) is 2. The summed E-state index contributed by atoms with van der Waals surface area (Å²) in [6.07, 6.45) is 8.26. The number of carbonyl (C=O) groups is 1. The molecule has 6 rings (SSSR count). The van der Waals surface area contributed by atoms with Gasteiger partial charge in [0.25, 0.3) is 5.91 Å². The van der Waals surface area contributed by atoms with Gasteiger partial charge in [0.2, 0.25) is 11.8 Å². The van der Waals surface area contributed by atoms with Crippen LogP contribution in [0.4, 0.5) is 4.39 Å². The monoisotopic (exact) mass is 427 g/mol. The standard InChI is InChI=1S/C23H26FN3O4/c24-17-1-3-18(4-2-17)31-21-10-20(25-22(29)26-21)30-13-19(28)27-23-6-5-14-7-15(11-23)9-16(8-14)12-23/h1-4,10,14-16H,5-9,11-13H2,(H,27,28)(H,25,26,29). The zero-order chi connectivity index (χ0) is 21.4. The molecule has 4 aliphatic carbocycles. The van der Waals surface area contributed by atoms with Gasteiger partial charge < -0.3 is 14.8 Å². The van der Waals surface area contributed by atoms with Crippen LogP contribution in [0, 0.1) is 23.6 Å². The molecule has 8 heteroatoms. The van der Waals surface area contributed by atoms with Crippen molar-refractivity contribution in [3.63, 3.8) is 0 Å². The molecule has 0 radical (unpaired) electrons. The molecule has 1 aromatic carbocycles. The van der Waals surface area contributed by atoms with Crippen molar-refractivity contribution in [1.29, 1.82) is 0 Å². The van der Waals surface area contributed by atoms with Gasteiger partial charge in [0.05, 0.1) is 6.07 Å². The van der Waals surface area contributed by atoms with Crippen molar-refractivity contribution < 1.29 is 18.7 Å². The number of aromatic nitrogens is 2. The molecule has 0 saturated heterocycles. The minimum Gasteiger partial charge on any atom is -0.467 e. The number of halogens is 1. The molecule has 4 bridgehead atoms. The van der Waals surface area contributed by atoms with Crippen LogP contribution in [0.25, 0.3) is 0 Å². The fourth-order valence-electron chi connectivity index (χ4n) is 5.95. The van der Waals surface area contributed by atoms with Crippen LogP contribution in [-0.2, 0) is 4.79 Å². The molecule has 1 aromatic heterocycles. The maximum atomic E-state index is 13.0. The molecule has 4 fully saturated rings. The van der Waals surface area contributed by atoms with E-state index in [-0.39, 0.29) is 35.6 Å². The molecule has 0 spiro atoms. The topological polar surface area (TPSA) is 93.3 Å². The van der Waals surface area contributed by atoms with E-state index >= 15 is 0 Å². The Bertz CT molecular complexity index is 1010. The number of nitrogens with zero attached hydrogens (tertiary/aromatic N) is 1. The first-order valence-electron chi connectivity index (χ1n) is 10.9. The van der Waals surface area contributed by atoms with Crippen molar-refractivity contribution >= 4 is 5.91 Å². The zero-order valence-electron chi connectivity index (χ0n) is 17.2. The van der Waals surface area contributed by atoms with Crippen molar-refractivity contribution in [2.75, 3.05) is 6.61 Å². The summed E-state index contributed by atoms with van der Waals surface area (Å²) in [6.45, 7) is -0.215. The van der Waals surface area contributed by atoms with Crippen LogP contribution in [0.15, 0.2) is 35.1 Å². The van der Waals surface area contributed by atoms with Crippen LogP contribution in [0.1, 0.15) is 44.9 Å². The highest BCUT2D eigenvalue weighted by atomic mass is 19.1. The molecule has 1 amide bonds. The van der Waals surface area contributed by atoms with E-state index in [0.717, 1.165) is 37.0 Å². The van der Waals surface area contributed by atoms with Crippen LogP contribution in [0.5, 0.6) is 17.5 Å². The molecule has 2 N–H and O–H groups in total. The maximum absolute atomic E-state index is 13.0. The van der Waals surface area contributed by atoms with Crippen molar-refractivity contribution in [2.45, 2.75) is 50.5 Å². The fraction of sp³-hybridized carbons (Fsp3) is 0.522. The smallest absolute Gasteiger partial charge is 0.351 e. The lowest BCUT2D eigenvalue weighted by Crippen LogP contribution is -2.53. The Labute approximate surface area is 179 Å². The first-order chi connectivity index (χ1) is 14.9. The lowest BCUT2D eigenvalue weighted by molar-refractivity contribution is -0.126. The van der Waals surface area contributed by atoms with Gasteiger partial charge in [0.15, 0.2) is 6.61 Å². The number of H-pyrrole nitrogens is 1. The Morgan fingerprint density at radius 1 is 1.16 bits per heavy atom. The Kier molecular flexibility index (Phi) is 5.16. The summed E-state index contributed by atoms with van der Waals surface area (Å²) >= 11 is 0. The van der Waals surface area contributed by atoms with Gasteiger partial charge in [-0.2, -0.15) is 4.98 Å². The van der Waals surface area contributed by atoms with E-state index in [1.54, 1.807) is 0 Å². The summed E-state index contributed by atoms with van der Waals surface area (Å²) in [6, 6.07) is 6.78. The second kappa shape index (κ2) is 7.98. The summed E-state index contributed by atoms with van der Waals surface area (Å²) in [7, 11) is 0. The molecular formula is C23H26FN3O4. The molecule has 31 heavy (non-hydrogen) atoms. The van der Waals surface area contributed by atoms with E-state index in [9.17, 15) is 14.0 Å². The number of amides is 1. The average molecular weight is 427 g/mol. The molecular weight excluding hydrogens is 401 g/mol. The number of ether oxygens (including phenoxy) is 2. The summed E-state index contributed by atoms with van der Waals surface area (Å²) in [5.74, 6) is 2.13. The van der Waals surface area contributed by atoms with E-state index in [0.29, 0.717) is 5.75 Å². The van der Waals surface area contributed by atoms with Gasteiger partial charge in [0.1, 0.15) is 11.6 Å². The van der Waals surface area contributed by atoms with E-state index in [2.05, 4.69) is 15.3 Å². The van der Waals surface area contributed by atoms with Crippen LogP contribution in [0.2, 0.25) is 0 Å². The fourth-order valence-corrected chi connectivity index (χ4v) is 5.95. The van der Waals surface area contributed by atoms with Crippen LogP contribution in [0.3, 0.4) is 0 Å². The number of fused-ring (bicyclic) bond motifs is 1. The molecule has 164 valence electrons. The van der Waals surface area contributed by atoms with Gasteiger partial charge in [-0.3, -0.25) is 9.78 Å². The second-order valence-electron chi connectivity index (χ2n) is 9.31. The van der Waals surface area contributed by atoms with Crippen molar-refractivity contribution in [3.8, 4) is 17.5 Å². The molecule has 7 nitrogen and oxygen atoms in total. The highest BCUT2D eigenvalue weighted by Gasteiger charge is 2.48. The normalized spacial score (nSPS) is 28.7. The van der Waals surface area contributed by atoms with Crippen molar-refractivity contribution in [1.82, 2.24) is 15.3 Å². The van der Waals surface area contributed by atoms with Gasteiger partial charge in [-0.25, -0.2) is 9.18 Å². The van der Waals surface area contributed by atoms with E-state index in [4.69, 9.17) is 9.47 Å². The number of rotatable bonds is 6. The van der Waals surface area contributed by atoms with Gasteiger partial charge in [0, 0.05) is 5.54 Å². The SMILES string of the molecule is O=C(COc1cc(Oc2ccc(F)cc2)[nH]c(=O)n1)NC12CCC3CC(CC(C3)C1)C2. The lowest BCUT2D eigenvalue weighted by Gasteiger charge is -2.45. The third kappa shape index (κ3) is 4.57. The van der Waals surface area contributed by atoms with Crippen molar-refractivity contribution in [2.24, 2.45) is 17.8 Å². The Balaban J connectivity index is 1.21. The lowest BCUT2D eigenvalue weighted by atomic mass is 9.65. The van der Waals surface area contributed by atoms with Crippen LogP contribution in [-0.4, -0.2) is 28.0 Å². The van der Waals surface area contributed by atoms with Crippen molar-refractivity contribution in [3.05, 3.63) is 46.6 Å². The number of benzene rings is 1. The number of carbonyl (C=O) groups excluding carboxylic acids is 1. The van der Waals surface area contributed by atoms with E-state index in [1.165, 1.54) is 56.0 Å². The highest BCUT2D eigenvalue weighted by Crippen LogP contribution is 2.52. The average Bonchev–Trinajstić information content (AvgIpc) is 2.91.